The molecule has 0 heterocycles. The van der Waals surface area contributed by atoms with Crippen LogP contribution in [0.1, 0.15) is 18.1 Å². The highest BCUT2D eigenvalue weighted by molar-refractivity contribution is 7.89. The number of carbonyl (C=O) groups is 2. The summed E-state index contributed by atoms with van der Waals surface area (Å²) in [5, 5.41) is 3.12. The summed E-state index contributed by atoms with van der Waals surface area (Å²) in [6, 6.07) is 19.7. The van der Waals surface area contributed by atoms with Crippen molar-refractivity contribution in [2.24, 2.45) is 0 Å². The van der Waals surface area contributed by atoms with Gasteiger partial charge >= 0.3 is 0 Å². The number of halogens is 2. The van der Waals surface area contributed by atoms with Crippen molar-refractivity contribution in [3.63, 3.8) is 0 Å². The van der Waals surface area contributed by atoms with Crippen LogP contribution < -0.4 is 5.32 Å². The fraction of sp³-hybridized carbons (Fsp3) is 0.259. The van der Waals surface area contributed by atoms with Gasteiger partial charge in [-0.25, -0.2) is 12.8 Å². The van der Waals surface area contributed by atoms with Crippen molar-refractivity contribution in [2.45, 2.75) is 30.8 Å². The predicted octanol–water partition coefficient (Wildman–Crippen LogP) is 3.88. The number of nitrogens with zero attached hydrogens (tertiary/aromatic N) is 2. The smallest absolute Gasteiger partial charge is 0.243 e. The van der Waals surface area contributed by atoms with E-state index in [9.17, 15) is 22.4 Å². The number of amides is 2. The topological polar surface area (TPSA) is 86.8 Å². The highest BCUT2D eigenvalue weighted by atomic mass is 35.5. The molecule has 0 aliphatic carbocycles. The number of benzene rings is 3. The van der Waals surface area contributed by atoms with Gasteiger partial charge in [-0.2, -0.15) is 4.31 Å². The molecule has 0 saturated carbocycles. The van der Waals surface area contributed by atoms with Crippen LogP contribution in [0.3, 0.4) is 0 Å². The maximum Gasteiger partial charge on any atom is 0.243 e. The quantitative estimate of drug-likeness (QED) is 0.396. The highest BCUT2D eigenvalue weighted by Gasteiger charge is 2.33. The molecule has 0 aromatic heterocycles. The van der Waals surface area contributed by atoms with Gasteiger partial charge in [-0.05, 0) is 42.8 Å². The molecule has 1 atom stereocenters. The van der Waals surface area contributed by atoms with E-state index in [4.69, 9.17) is 11.6 Å². The highest BCUT2D eigenvalue weighted by Crippen LogP contribution is 2.20. The van der Waals surface area contributed by atoms with Gasteiger partial charge in [-0.15, -0.1) is 0 Å². The third-order valence-electron chi connectivity index (χ3n) is 5.80. The number of hydrogen-bond donors (Lipinski definition) is 1. The number of sulfonamides is 1. The van der Waals surface area contributed by atoms with E-state index >= 15 is 0 Å². The minimum atomic E-state index is -4.03. The second kappa shape index (κ2) is 12.8. The van der Waals surface area contributed by atoms with Crippen molar-refractivity contribution in [3.05, 3.63) is 101 Å². The van der Waals surface area contributed by atoms with Crippen LogP contribution in [0, 0.1) is 5.82 Å². The summed E-state index contributed by atoms with van der Waals surface area (Å²) >= 11 is 5.88. The Morgan fingerprint density at radius 1 is 0.973 bits per heavy atom. The fourth-order valence-corrected chi connectivity index (χ4v) is 5.06. The van der Waals surface area contributed by atoms with E-state index in [1.807, 2.05) is 30.3 Å². The molecule has 2 amide bonds. The first-order valence-electron chi connectivity index (χ1n) is 11.7. The van der Waals surface area contributed by atoms with Gasteiger partial charge in [-0.1, -0.05) is 60.1 Å². The molecule has 0 aliphatic rings. The second-order valence-corrected chi connectivity index (χ2v) is 10.9. The molecule has 0 spiro atoms. The molecule has 3 aromatic carbocycles. The van der Waals surface area contributed by atoms with Gasteiger partial charge < -0.3 is 10.2 Å². The van der Waals surface area contributed by atoms with Gasteiger partial charge in [-0.3, -0.25) is 9.59 Å². The lowest BCUT2D eigenvalue weighted by Crippen LogP contribution is -2.53. The molecule has 0 aliphatic heterocycles. The number of nitrogens with one attached hydrogen (secondary N) is 1. The summed E-state index contributed by atoms with van der Waals surface area (Å²) in [6.45, 7) is 1.32. The summed E-state index contributed by atoms with van der Waals surface area (Å²) in [5.74, 6) is -1.59. The monoisotopic (exact) mass is 545 g/mol. The number of carbonyl (C=O) groups excluding carboxylic acids is 2. The minimum absolute atomic E-state index is 0.0302. The number of rotatable bonds is 11. The average molecular weight is 546 g/mol. The van der Waals surface area contributed by atoms with Gasteiger partial charge in [0.05, 0.1) is 11.4 Å². The Morgan fingerprint density at radius 2 is 1.59 bits per heavy atom. The lowest BCUT2D eigenvalue weighted by atomic mass is 10.0. The van der Waals surface area contributed by atoms with E-state index in [2.05, 4.69) is 5.32 Å². The maximum atomic E-state index is 14.6. The molecule has 0 unspecified atom stereocenters. The zero-order valence-corrected chi connectivity index (χ0v) is 22.2. The summed E-state index contributed by atoms with van der Waals surface area (Å²) < 4.78 is 41.7. The van der Waals surface area contributed by atoms with Crippen LogP contribution in [-0.2, 0) is 32.6 Å². The molecular formula is C27H29ClFN3O4S. The van der Waals surface area contributed by atoms with Crippen molar-refractivity contribution in [2.75, 3.05) is 20.1 Å². The molecule has 1 N–H and O–H groups in total. The summed E-state index contributed by atoms with van der Waals surface area (Å²) in [6.07, 6.45) is 0.167. The molecule has 3 aromatic rings. The Hall–Kier alpha value is -3.27. The first-order chi connectivity index (χ1) is 17.6. The molecular weight excluding hydrogens is 517 g/mol. The summed E-state index contributed by atoms with van der Waals surface area (Å²) in [5.41, 5.74) is 1.01. The van der Waals surface area contributed by atoms with Gasteiger partial charge in [0, 0.05) is 37.1 Å². The minimum Gasteiger partial charge on any atom is -0.355 e. The maximum absolute atomic E-state index is 14.6. The van der Waals surface area contributed by atoms with E-state index in [1.165, 1.54) is 54.4 Å². The van der Waals surface area contributed by atoms with E-state index in [1.54, 1.807) is 13.0 Å². The molecule has 10 heteroatoms. The molecule has 0 saturated heterocycles. The Morgan fingerprint density at radius 3 is 2.22 bits per heavy atom. The van der Waals surface area contributed by atoms with Crippen LogP contribution in [0.25, 0.3) is 0 Å². The lowest BCUT2D eigenvalue weighted by Gasteiger charge is -2.32. The molecule has 0 bridgehead atoms. The van der Waals surface area contributed by atoms with Gasteiger partial charge in [0.1, 0.15) is 11.9 Å². The van der Waals surface area contributed by atoms with E-state index < -0.39 is 40.2 Å². The Kier molecular flexibility index (Phi) is 9.79. The molecule has 37 heavy (non-hydrogen) atoms. The summed E-state index contributed by atoms with van der Waals surface area (Å²) in [7, 11) is -2.75. The lowest BCUT2D eigenvalue weighted by molar-refractivity contribution is -0.141. The van der Waals surface area contributed by atoms with Gasteiger partial charge in [0.2, 0.25) is 21.8 Å². The van der Waals surface area contributed by atoms with Crippen LogP contribution in [0.15, 0.2) is 83.8 Å². The van der Waals surface area contributed by atoms with Crippen LogP contribution >= 0.6 is 11.6 Å². The number of hydrogen-bond acceptors (Lipinski definition) is 4. The standard InChI is InChI=1S/C27H29ClFN3O4S/c1-3-30-27(34)25(17-20-9-5-4-6-10-20)32(18-21-11-7-8-12-24(21)29)26(33)19-31(2)37(35,36)23-15-13-22(28)14-16-23/h4-16,25H,3,17-19H2,1-2H3,(H,30,34)/t25-/m1/s1. The Labute approximate surface area is 221 Å². The third kappa shape index (κ3) is 7.38. The first-order valence-corrected chi connectivity index (χ1v) is 13.5. The molecule has 196 valence electrons. The predicted molar refractivity (Wildman–Crippen MR) is 141 cm³/mol. The SMILES string of the molecule is CCNC(=O)[C@@H](Cc1ccccc1)N(Cc1ccccc1F)C(=O)CN(C)S(=O)(=O)c1ccc(Cl)cc1. The molecule has 0 radical (unpaired) electrons. The van der Waals surface area contributed by atoms with Crippen molar-refractivity contribution in [3.8, 4) is 0 Å². The van der Waals surface area contributed by atoms with Crippen LogP contribution in [0.2, 0.25) is 5.02 Å². The van der Waals surface area contributed by atoms with Crippen LogP contribution in [0.5, 0.6) is 0 Å². The zero-order chi connectivity index (χ0) is 27.0. The average Bonchev–Trinajstić information content (AvgIpc) is 2.88. The third-order valence-corrected chi connectivity index (χ3v) is 7.87. The van der Waals surface area contributed by atoms with Gasteiger partial charge in [0.25, 0.3) is 0 Å². The fourth-order valence-electron chi connectivity index (χ4n) is 3.81. The summed E-state index contributed by atoms with van der Waals surface area (Å²) in [4.78, 5) is 28.0. The van der Waals surface area contributed by atoms with E-state index in [-0.39, 0.29) is 23.4 Å². The van der Waals surface area contributed by atoms with E-state index in [0.29, 0.717) is 11.6 Å². The van der Waals surface area contributed by atoms with Crippen molar-refractivity contribution < 1.29 is 22.4 Å². The van der Waals surface area contributed by atoms with Crippen LogP contribution in [-0.4, -0.2) is 55.6 Å². The molecule has 3 rings (SSSR count). The second-order valence-electron chi connectivity index (χ2n) is 8.43. The van der Waals surface area contributed by atoms with E-state index in [0.717, 1.165) is 9.87 Å². The first kappa shape index (κ1) is 28.3. The van der Waals surface area contributed by atoms with Crippen molar-refractivity contribution in [1.29, 1.82) is 0 Å². The number of likely N-dealkylation sites (N-methyl/N-ethyl adjacent to an activating group) is 2. The molecule has 7 nitrogen and oxygen atoms in total. The largest absolute Gasteiger partial charge is 0.355 e. The van der Waals surface area contributed by atoms with Crippen molar-refractivity contribution in [1.82, 2.24) is 14.5 Å². The Balaban J connectivity index is 1.96. The van der Waals surface area contributed by atoms with Gasteiger partial charge in [0.15, 0.2) is 0 Å². The zero-order valence-electron chi connectivity index (χ0n) is 20.6. The normalized spacial score (nSPS) is 12.2. The van der Waals surface area contributed by atoms with Crippen molar-refractivity contribution >= 4 is 33.4 Å². The van der Waals surface area contributed by atoms with Crippen LogP contribution in [0.4, 0.5) is 4.39 Å². The Bertz CT molecular complexity index is 1320. The molecule has 0 fully saturated rings.